The molecule has 1 atom stereocenters. The molecule has 2 fully saturated rings. The van der Waals surface area contributed by atoms with Crippen LogP contribution in [0.2, 0.25) is 0 Å². The number of allylic oxidation sites excluding steroid dienone is 1. The summed E-state index contributed by atoms with van der Waals surface area (Å²) >= 11 is 0. The Hall–Kier alpha value is -2.42. The van der Waals surface area contributed by atoms with Gasteiger partial charge >= 0.3 is 0 Å². The molecule has 1 aromatic carbocycles. The zero-order chi connectivity index (χ0) is 21.5. The third kappa shape index (κ3) is 5.44. The van der Waals surface area contributed by atoms with Crippen LogP contribution in [-0.4, -0.2) is 92.9 Å². The first-order chi connectivity index (χ1) is 15.2. The Morgan fingerprint density at radius 3 is 2.77 bits per heavy atom. The van der Waals surface area contributed by atoms with E-state index in [0.717, 1.165) is 17.7 Å². The molecule has 3 aliphatic heterocycles. The number of morpholine rings is 2. The van der Waals surface area contributed by atoms with E-state index in [2.05, 4.69) is 17.5 Å². The number of carbonyl (C=O) groups is 2. The molecule has 3 heterocycles. The third-order valence-electron chi connectivity index (χ3n) is 5.97. The minimum Gasteiger partial charge on any atom is -0.491 e. The highest BCUT2D eigenvalue weighted by Crippen LogP contribution is 2.25. The van der Waals surface area contributed by atoms with Crippen molar-refractivity contribution < 1.29 is 23.8 Å². The molecule has 3 aliphatic rings. The van der Waals surface area contributed by atoms with Crippen molar-refractivity contribution in [2.24, 2.45) is 0 Å². The van der Waals surface area contributed by atoms with Crippen molar-refractivity contribution in [2.75, 3.05) is 65.7 Å². The average Bonchev–Trinajstić information content (AvgIpc) is 2.80. The monoisotopic (exact) mass is 429 g/mol. The molecule has 8 heteroatoms. The van der Waals surface area contributed by atoms with E-state index >= 15 is 0 Å². The summed E-state index contributed by atoms with van der Waals surface area (Å²) in [6.07, 6.45) is 5.25. The van der Waals surface area contributed by atoms with Gasteiger partial charge in [0.2, 0.25) is 5.91 Å². The fourth-order valence-electron chi connectivity index (χ4n) is 4.23. The van der Waals surface area contributed by atoms with Gasteiger partial charge < -0.3 is 24.4 Å². The molecule has 1 aromatic rings. The first-order valence-corrected chi connectivity index (χ1v) is 11.0. The zero-order valence-corrected chi connectivity index (χ0v) is 17.9. The normalized spacial score (nSPS) is 26.7. The lowest BCUT2D eigenvalue weighted by molar-refractivity contribution is -0.162. The fraction of sp³-hybridized carbons (Fsp3) is 0.565. The predicted octanol–water partition coefficient (Wildman–Crippen LogP) is 0.614. The van der Waals surface area contributed by atoms with E-state index in [9.17, 15) is 9.59 Å². The number of para-hydroxylation sites is 1. The van der Waals surface area contributed by atoms with Crippen LogP contribution in [-0.2, 0) is 25.5 Å². The van der Waals surface area contributed by atoms with Crippen LogP contribution >= 0.6 is 0 Å². The Balaban J connectivity index is 1.44. The van der Waals surface area contributed by atoms with E-state index in [0.29, 0.717) is 72.1 Å². The number of benzene rings is 1. The molecule has 168 valence electrons. The van der Waals surface area contributed by atoms with Crippen molar-refractivity contribution in [1.82, 2.24) is 15.1 Å². The Kier molecular flexibility index (Phi) is 7.21. The molecule has 1 unspecified atom stereocenters. The minimum absolute atomic E-state index is 0.0782. The number of carbonyl (C=O) groups excluding carboxylic acids is 2. The standard InChI is InChI=1S/C23H31N3O5/c27-21(26-11-14-29-15-12-26)17-25-10-16-31-23(18-25)8-4-3-6-19-5-1-2-7-20(19)30-13-9-24-22(23)28/h1-5,7H,6,8-18H2,(H,24,28)/b4-3+. The van der Waals surface area contributed by atoms with Gasteiger partial charge in [0.25, 0.3) is 5.91 Å². The summed E-state index contributed by atoms with van der Waals surface area (Å²) in [5.41, 5.74) is 0.112. The van der Waals surface area contributed by atoms with Crippen LogP contribution in [0.1, 0.15) is 12.0 Å². The summed E-state index contributed by atoms with van der Waals surface area (Å²) in [5, 5.41) is 2.97. The van der Waals surface area contributed by atoms with E-state index in [1.807, 2.05) is 34.1 Å². The lowest BCUT2D eigenvalue weighted by Crippen LogP contribution is -2.61. The summed E-state index contributed by atoms with van der Waals surface area (Å²) in [5.74, 6) is 0.769. The van der Waals surface area contributed by atoms with Crippen molar-refractivity contribution in [3.63, 3.8) is 0 Å². The van der Waals surface area contributed by atoms with Gasteiger partial charge in [-0.1, -0.05) is 30.4 Å². The topological polar surface area (TPSA) is 80.3 Å². The highest BCUT2D eigenvalue weighted by Gasteiger charge is 2.43. The second-order valence-electron chi connectivity index (χ2n) is 8.14. The summed E-state index contributed by atoms with van der Waals surface area (Å²) < 4.78 is 17.3. The van der Waals surface area contributed by atoms with E-state index in [1.54, 1.807) is 0 Å². The molecular weight excluding hydrogens is 398 g/mol. The Morgan fingerprint density at radius 1 is 1.06 bits per heavy atom. The van der Waals surface area contributed by atoms with Gasteiger partial charge in [0.1, 0.15) is 12.4 Å². The smallest absolute Gasteiger partial charge is 0.254 e. The second kappa shape index (κ2) is 10.3. The van der Waals surface area contributed by atoms with E-state index < -0.39 is 5.60 Å². The van der Waals surface area contributed by atoms with Gasteiger partial charge in [-0.25, -0.2) is 0 Å². The number of hydrogen-bond donors (Lipinski definition) is 1. The van der Waals surface area contributed by atoms with Gasteiger partial charge in [-0.05, 0) is 18.1 Å². The average molecular weight is 430 g/mol. The van der Waals surface area contributed by atoms with Crippen LogP contribution in [0.4, 0.5) is 0 Å². The van der Waals surface area contributed by atoms with Crippen LogP contribution in [0.3, 0.4) is 0 Å². The molecule has 0 saturated carbocycles. The molecule has 31 heavy (non-hydrogen) atoms. The summed E-state index contributed by atoms with van der Waals surface area (Å²) in [7, 11) is 0. The summed E-state index contributed by atoms with van der Waals surface area (Å²) in [6.45, 7) is 4.92. The highest BCUT2D eigenvalue weighted by molar-refractivity contribution is 5.86. The van der Waals surface area contributed by atoms with Crippen molar-refractivity contribution in [2.45, 2.75) is 18.4 Å². The maximum Gasteiger partial charge on any atom is 0.254 e. The number of amides is 2. The van der Waals surface area contributed by atoms with Crippen LogP contribution in [0.15, 0.2) is 36.4 Å². The van der Waals surface area contributed by atoms with Crippen LogP contribution in [0.5, 0.6) is 5.75 Å². The first kappa shape index (κ1) is 21.8. The minimum atomic E-state index is -1.00. The van der Waals surface area contributed by atoms with E-state index in [-0.39, 0.29) is 11.8 Å². The second-order valence-corrected chi connectivity index (χ2v) is 8.14. The van der Waals surface area contributed by atoms with Crippen LogP contribution < -0.4 is 10.1 Å². The molecule has 0 aliphatic carbocycles. The van der Waals surface area contributed by atoms with Crippen molar-refractivity contribution in [1.29, 1.82) is 0 Å². The summed E-state index contributed by atoms with van der Waals surface area (Å²) in [6, 6.07) is 7.95. The van der Waals surface area contributed by atoms with Crippen molar-refractivity contribution >= 4 is 11.8 Å². The molecule has 0 radical (unpaired) electrons. The molecule has 1 spiro atoms. The molecule has 4 rings (SSSR count). The molecule has 8 nitrogen and oxygen atoms in total. The van der Waals surface area contributed by atoms with Gasteiger partial charge in [0, 0.05) is 32.6 Å². The van der Waals surface area contributed by atoms with Gasteiger partial charge in [-0.2, -0.15) is 0 Å². The predicted molar refractivity (Wildman–Crippen MR) is 115 cm³/mol. The molecule has 0 bridgehead atoms. The van der Waals surface area contributed by atoms with Gasteiger partial charge in [-0.3, -0.25) is 14.5 Å². The maximum absolute atomic E-state index is 13.1. The number of rotatable bonds is 2. The molecule has 2 amide bonds. The number of nitrogens with one attached hydrogen (secondary N) is 1. The van der Waals surface area contributed by atoms with Crippen LogP contribution in [0.25, 0.3) is 0 Å². The quantitative estimate of drug-likeness (QED) is 0.694. The number of ether oxygens (including phenoxy) is 3. The zero-order valence-electron chi connectivity index (χ0n) is 17.9. The molecular formula is C23H31N3O5. The number of nitrogens with zero attached hydrogens (tertiary/aromatic N) is 2. The number of hydrogen-bond acceptors (Lipinski definition) is 6. The van der Waals surface area contributed by atoms with E-state index in [4.69, 9.17) is 14.2 Å². The SMILES string of the molecule is O=C(CN1CCOC2(C/C=C/Cc3ccccc3OCCNC2=O)C1)N1CCOCC1. The Labute approximate surface area is 183 Å². The van der Waals surface area contributed by atoms with Gasteiger partial charge in [0.15, 0.2) is 5.60 Å². The van der Waals surface area contributed by atoms with Crippen molar-refractivity contribution in [3.8, 4) is 5.75 Å². The Bertz CT molecular complexity index is 808. The number of fused-ring (bicyclic) bond motifs is 1. The van der Waals surface area contributed by atoms with Gasteiger partial charge in [-0.15, -0.1) is 0 Å². The molecule has 2 saturated heterocycles. The molecule has 0 aromatic heterocycles. The molecule has 1 N–H and O–H groups in total. The first-order valence-electron chi connectivity index (χ1n) is 11.0. The van der Waals surface area contributed by atoms with E-state index in [1.165, 1.54) is 0 Å². The lowest BCUT2D eigenvalue weighted by atomic mass is 9.94. The van der Waals surface area contributed by atoms with Crippen LogP contribution in [0, 0.1) is 0 Å². The third-order valence-corrected chi connectivity index (χ3v) is 5.97. The maximum atomic E-state index is 13.1. The summed E-state index contributed by atoms with van der Waals surface area (Å²) in [4.78, 5) is 29.7. The fourth-order valence-corrected chi connectivity index (χ4v) is 4.23. The van der Waals surface area contributed by atoms with Crippen molar-refractivity contribution in [3.05, 3.63) is 42.0 Å². The lowest BCUT2D eigenvalue weighted by Gasteiger charge is -2.41. The van der Waals surface area contributed by atoms with Gasteiger partial charge in [0.05, 0.1) is 32.9 Å². The Morgan fingerprint density at radius 2 is 1.90 bits per heavy atom. The largest absolute Gasteiger partial charge is 0.491 e. The highest BCUT2D eigenvalue weighted by atomic mass is 16.5.